The van der Waals surface area contributed by atoms with Crippen molar-refractivity contribution in [2.45, 2.75) is 30.7 Å². The van der Waals surface area contributed by atoms with Gasteiger partial charge < -0.3 is 15.8 Å². The molecule has 1 amide bonds. The molecule has 0 spiro atoms. The molecule has 0 bridgehead atoms. The van der Waals surface area contributed by atoms with Crippen LogP contribution in [0.25, 0.3) is 0 Å². The Kier molecular flexibility index (Phi) is 5.05. The van der Waals surface area contributed by atoms with Crippen molar-refractivity contribution in [1.29, 1.82) is 0 Å². The second-order valence-corrected chi connectivity index (χ2v) is 7.16. The zero-order chi connectivity index (χ0) is 16.3. The maximum Gasteiger partial charge on any atom is 0.246 e. The van der Waals surface area contributed by atoms with Crippen molar-refractivity contribution in [3.63, 3.8) is 0 Å². The topological polar surface area (TPSA) is 102 Å². The highest BCUT2D eigenvalue weighted by Gasteiger charge is 2.30. The van der Waals surface area contributed by atoms with Gasteiger partial charge in [-0.3, -0.25) is 4.79 Å². The first-order valence-electron chi connectivity index (χ1n) is 7.11. The number of ether oxygens (including phenoxy) is 1. The van der Waals surface area contributed by atoms with Gasteiger partial charge in [-0.1, -0.05) is 0 Å². The highest BCUT2D eigenvalue weighted by molar-refractivity contribution is 7.89. The number of hydrogen-bond acceptors (Lipinski definition) is 5. The van der Waals surface area contributed by atoms with Crippen molar-refractivity contribution in [2.75, 3.05) is 25.5 Å². The van der Waals surface area contributed by atoms with Crippen LogP contribution in [0.1, 0.15) is 19.8 Å². The van der Waals surface area contributed by atoms with E-state index in [1.165, 1.54) is 29.6 Å². The highest BCUT2D eigenvalue weighted by atomic mass is 32.2. The summed E-state index contributed by atoms with van der Waals surface area (Å²) in [7, 11) is -2.17. The molecular weight excluding hydrogens is 306 g/mol. The van der Waals surface area contributed by atoms with Crippen molar-refractivity contribution in [1.82, 2.24) is 4.31 Å². The average molecular weight is 327 g/mol. The minimum atomic E-state index is -3.57. The van der Waals surface area contributed by atoms with Crippen molar-refractivity contribution >= 4 is 21.6 Å². The van der Waals surface area contributed by atoms with E-state index in [-0.39, 0.29) is 16.6 Å². The van der Waals surface area contributed by atoms with Gasteiger partial charge in [-0.25, -0.2) is 8.42 Å². The van der Waals surface area contributed by atoms with Gasteiger partial charge in [0.2, 0.25) is 15.9 Å². The van der Waals surface area contributed by atoms with E-state index in [2.05, 4.69) is 5.32 Å². The standard InChI is InChI=1S/C14H21N3O4S/c1-10(15)14(18)16-11-5-6-13(12(9-11)21-2)22(19,20)17-7-3-4-8-17/h5-6,9-10H,3-4,7-8,15H2,1-2H3,(H,16,18)/t10-/m0/s1. The van der Waals surface area contributed by atoms with Crippen molar-refractivity contribution < 1.29 is 17.9 Å². The minimum Gasteiger partial charge on any atom is -0.495 e. The van der Waals surface area contributed by atoms with E-state index in [1.807, 2.05) is 0 Å². The van der Waals surface area contributed by atoms with Gasteiger partial charge in [0.25, 0.3) is 0 Å². The van der Waals surface area contributed by atoms with Crippen LogP contribution in [-0.2, 0) is 14.8 Å². The quantitative estimate of drug-likeness (QED) is 0.831. The van der Waals surface area contributed by atoms with Crippen LogP contribution < -0.4 is 15.8 Å². The number of hydrogen-bond donors (Lipinski definition) is 2. The Morgan fingerprint density at radius 3 is 2.55 bits per heavy atom. The van der Waals surface area contributed by atoms with Crippen LogP contribution in [0.2, 0.25) is 0 Å². The first kappa shape index (κ1) is 16.7. The Bertz CT molecular complexity index is 652. The van der Waals surface area contributed by atoms with Crippen LogP contribution >= 0.6 is 0 Å². The van der Waals surface area contributed by atoms with Crippen LogP contribution in [0, 0.1) is 0 Å². The van der Waals surface area contributed by atoms with E-state index in [9.17, 15) is 13.2 Å². The summed E-state index contributed by atoms with van der Waals surface area (Å²) in [5.74, 6) is -0.147. The molecule has 0 aromatic heterocycles. The lowest BCUT2D eigenvalue weighted by Crippen LogP contribution is -2.32. The molecule has 22 heavy (non-hydrogen) atoms. The number of carbonyl (C=O) groups is 1. The Balaban J connectivity index is 2.31. The van der Waals surface area contributed by atoms with E-state index in [4.69, 9.17) is 10.5 Å². The second kappa shape index (κ2) is 6.64. The maximum absolute atomic E-state index is 12.6. The summed E-state index contributed by atoms with van der Waals surface area (Å²) in [6.07, 6.45) is 1.73. The number of amides is 1. The lowest BCUT2D eigenvalue weighted by molar-refractivity contribution is -0.117. The number of nitrogens with zero attached hydrogens (tertiary/aromatic N) is 1. The Morgan fingerprint density at radius 2 is 2.00 bits per heavy atom. The molecule has 2 rings (SSSR count). The van der Waals surface area contributed by atoms with Crippen LogP contribution in [0.3, 0.4) is 0 Å². The molecule has 0 radical (unpaired) electrons. The molecule has 1 aliphatic heterocycles. The van der Waals surface area contributed by atoms with Crippen molar-refractivity contribution in [3.8, 4) is 5.75 Å². The fourth-order valence-corrected chi connectivity index (χ4v) is 3.94. The third-order valence-corrected chi connectivity index (χ3v) is 5.47. The smallest absolute Gasteiger partial charge is 0.246 e. The lowest BCUT2D eigenvalue weighted by Gasteiger charge is -2.18. The molecule has 1 aliphatic rings. The predicted molar refractivity (Wildman–Crippen MR) is 83.3 cm³/mol. The second-order valence-electron chi connectivity index (χ2n) is 5.25. The molecule has 1 saturated heterocycles. The lowest BCUT2D eigenvalue weighted by atomic mass is 10.2. The number of nitrogens with one attached hydrogen (secondary N) is 1. The molecule has 7 nitrogen and oxygen atoms in total. The Hall–Kier alpha value is -1.64. The van der Waals surface area contributed by atoms with Gasteiger partial charge in [0.1, 0.15) is 10.6 Å². The number of anilines is 1. The summed E-state index contributed by atoms with van der Waals surface area (Å²) in [5, 5.41) is 2.61. The van der Waals surface area contributed by atoms with E-state index < -0.39 is 16.1 Å². The van der Waals surface area contributed by atoms with Crippen LogP contribution in [-0.4, -0.2) is 44.9 Å². The summed E-state index contributed by atoms with van der Waals surface area (Å²) in [4.78, 5) is 11.7. The van der Waals surface area contributed by atoms with Gasteiger partial charge in [-0.15, -0.1) is 0 Å². The largest absolute Gasteiger partial charge is 0.495 e. The minimum absolute atomic E-state index is 0.107. The van der Waals surface area contributed by atoms with E-state index >= 15 is 0 Å². The van der Waals surface area contributed by atoms with Gasteiger partial charge in [0, 0.05) is 24.8 Å². The summed E-state index contributed by atoms with van der Waals surface area (Å²) >= 11 is 0. The molecule has 3 N–H and O–H groups in total. The van der Waals surface area contributed by atoms with Crippen molar-refractivity contribution in [3.05, 3.63) is 18.2 Å². The van der Waals surface area contributed by atoms with E-state index in [0.717, 1.165) is 12.8 Å². The molecular formula is C14H21N3O4S. The normalized spacial score (nSPS) is 17.2. The molecule has 1 aromatic rings. The van der Waals surface area contributed by atoms with Gasteiger partial charge in [0.15, 0.2) is 0 Å². The first-order valence-corrected chi connectivity index (χ1v) is 8.55. The molecule has 1 aromatic carbocycles. The molecule has 1 fully saturated rings. The molecule has 8 heteroatoms. The Labute approximate surface area is 130 Å². The van der Waals surface area contributed by atoms with Gasteiger partial charge in [0.05, 0.1) is 13.2 Å². The molecule has 0 aliphatic carbocycles. The molecule has 1 atom stereocenters. The highest BCUT2D eigenvalue weighted by Crippen LogP contribution is 2.31. The van der Waals surface area contributed by atoms with Gasteiger partial charge in [-0.2, -0.15) is 4.31 Å². The molecule has 122 valence electrons. The van der Waals surface area contributed by atoms with E-state index in [0.29, 0.717) is 18.8 Å². The van der Waals surface area contributed by atoms with Crippen molar-refractivity contribution in [2.24, 2.45) is 5.73 Å². The summed E-state index contributed by atoms with van der Waals surface area (Å²) in [5.41, 5.74) is 5.93. The predicted octanol–water partition coefficient (Wildman–Crippen LogP) is 0.765. The number of benzene rings is 1. The van der Waals surface area contributed by atoms with E-state index in [1.54, 1.807) is 6.92 Å². The zero-order valence-corrected chi connectivity index (χ0v) is 13.5. The first-order chi connectivity index (χ1) is 10.4. The third-order valence-electron chi connectivity index (χ3n) is 3.53. The van der Waals surface area contributed by atoms with Crippen LogP contribution in [0.5, 0.6) is 5.75 Å². The molecule has 0 unspecified atom stereocenters. The molecule has 1 heterocycles. The fraction of sp³-hybridized carbons (Fsp3) is 0.500. The van der Waals surface area contributed by atoms with Crippen LogP contribution in [0.15, 0.2) is 23.1 Å². The number of nitrogens with two attached hydrogens (primary N) is 1. The number of sulfonamides is 1. The maximum atomic E-state index is 12.6. The monoisotopic (exact) mass is 327 g/mol. The average Bonchev–Trinajstić information content (AvgIpc) is 3.01. The summed E-state index contributed by atoms with van der Waals surface area (Å²) in [6, 6.07) is 3.82. The fourth-order valence-electron chi connectivity index (χ4n) is 2.28. The van der Waals surface area contributed by atoms with Gasteiger partial charge >= 0.3 is 0 Å². The Morgan fingerprint density at radius 1 is 1.36 bits per heavy atom. The summed E-state index contributed by atoms with van der Waals surface area (Å²) < 4.78 is 31.8. The third kappa shape index (κ3) is 3.40. The zero-order valence-electron chi connectivity index (χ0n) is 12.7. The molecule has 0 saturated carbocycles. The summed E-state index contributed by atoms with van der Waals surface area (Å²) in [6.45, 7) is 2.61. The number of methoxy groups -OCH3 is 1. The van der Waals surface area contributed by atoms with Crippen LogP contribution in [0.4, 0.5) is 5.69 Å². The number of carbonyl (C=O) groups excluding carboxylic acids is 1. The SMILES string of the molecule is COc1cc(NC(=O)[C@H](C)N)ccc1S(=O)(=O)N1CCCC1. The number of rotatable bonds is 5. The van der Waals surface area contributed by atoms with Gasteiger partial charge in [-0.05, 0) is 31.9 Å².